The van der Waals surface area contributed by atoms with Crippen LogP contribution in [0.5, 0.6) is 11.5 Å². The molecule has 6 heteroatoms. The summed E-state index contributed by atoms with van der Waals surface area (Å²) >= 11 is 1.26. The van der Waals surface area contributed by atoms with E-state index >= 15 is 0 Å². The van der Waals surface area contributed by atoms with Crippen LogP contribution < -0.4 is 5.32 Å². The van der Waals surface area contributed by atoms with Crippen LogP contribution in [0, 0.1) is 0 Å². The second-order valence-electron chi connectivity index (χ2n) is 3.43. The van der Waals surface area contributed by atoms with Crippen molar-refractivity contribution in [1.82, 2.24) is 9.59 Å². The van der Waals surface area contributed by atoms with Crippen molar-refractivity contribution in [2.45, 2.75) is 13.0 Å². The summed E-state index contributed by atoms with van der Waals surface area (Å²) in [4.78, 5) is 0. The van der Waals surface area contributed by atoms with Crippen molar-refractivity contribution >= 4 is 16.5 Å². The number of phenolic OH excluding ortho intramolecular Hbond substituents is 2. The van der Waals surface area contributed by atoms with Gasteiger partial charge in [0.15, 0.2) is 0 Å². The highest BCUT2D eigenvalue weighted by molar-refractivity contribution is 7.09. The lowest BCUT2D eigenvalue weighted by Crippen LogP contribution is -2.05. The van der Waals surface area contributed by atoms with Crippen LogP contribution in [-0.2, 0) is 0 Å². The number of hydrogen-bond donors (Lipinski definition) is 3. The fourth-order valence-electron chi connectivity index (χ4n) is 1.40. The van der Waals surface area contributed by atoms with Crippen molar-refractivity contribution in [2.24, 2.45) is 0 Å². The monoisotopic (exact) mass is 237 g/mol. The van der Waals surface area contributed by atoms with E-state index in [-0.39, 0.29) is 17.5 Å². The highest BCUT2D eigenvalue weighted by atomic mass is 32.1. The fourth-order valence-corrected chi connectivity index (χ4v) is 1.90. The molecule has 1 atom stereocenters. The highest BCUT2D eigenvalue weighted by Gasteiger charge is 2.08. The average molecular weight is 237 g/mol. The van der Waals surface area contributed by atoms with E-state index in [4.69, 9.17) is 0 Å². The van der Waals surface area contributed by atoms with Crippen molar-refractivity contribution in [3.05, 3.63) is 30.0 Å². The summed E-state index contributed by atoms with van der Waals surface area (Å²) < 4.78 is 3.73. The molecule has 0 fully saturated rings. The summed E-state index contributed by atoms with van der Waals surface area (Å²) in [6, 6.07) is 4.46. The summed E-state index contributed by atoms with van der Waals surface area (Å²) in [5.41, 5.74) is 0.797. The van der Waals surface area contributed by atoms with Crippen LogP contribution in [0.4, 0.5) is 5.00 Å². The largest absolute Gasteiger partial charge is 0.508 e. The van der Waals surface area contributed by atoms with E-state index in [0.29, 0.717) is 0 Å². The normalized spacial score (nSPS) is 12.3. The van der Waals surface area contributed by atoms with Crippen LogP contribution in [-0.4, -0.2) is 19.8 Å². The molecule has 0 saturated carbocycles. The molecule has 0 spiro atoms. The Kier molecular flexibility index (Phi) is 2.91. The molecule has 0 saturated heterocycles. The third kappa shape index (κ3) is 2.40. The summed E-state index contributed by atoms with van der Waals surface area (Å²) in [5, 5.41) is 26.4. The minimum atomic E-state index is -0.0414. The summed E-state index contributed by atoms with van der Waals surface area (Å²) in [5.74, 6) is 0.0946. The Hall–Kier alpha value is -1.82. The lowest BCUT2D eigenvalue weighted by molar-refractivity contribution is 0.448. The summed E-state index contributed by atoms with van der Waals surface area (Å²) in [6.45, 7) is 1.92. The molecular formula is C10H11N3O2S. The van der Waals surface area contributed by atoms with Gasteiger partial charge in [-0.15, -0.1) is 5.10 Å². The number of aromatic hydroxyl groups is 2. The molecule has 0 amide bonds. The number of nitrogens with zero attached hydrogens (tertiary/aromatic N) is 2. The second kappa shape index (κ2) is 4.36. The maximum absolute atomic E-state index is 9.36. The van der Waals surface area contributed by atoms with E-state index in [9.17, 15) is 10.2 Å². The van der Waals surface area contributed by atoms with Crippen LogP contribution in [0.2, 0.25) is 0 Å². The van der Waals surface area contributed by atoms with Gasteiger partial charge in [-0.25, -0.2) is 0 Å². The third-order valence-corrected chi connectivity index (χ3v) is 2.74. The molecule has 0 aliphatic rings. The van der Waals surface area contributed by atoms with Gasteiger partial charge in [0.2, 0.25) is 0 Å². The molecule has 1 heterocycles. The molecule has 3 N–H and O–H groups in total. The van der Waals surface area contributed by atoms with Gasteiger partial charge < -0.3 is 15.5 Å². The molecule has 84 valence electrons. The molecule has 1 unspecified atom stereocenters. The van der Waals surface area contributed by atoms with E-state index in [1.807, 2.05) is 6.92 Å². The molecular weight excluding hydrogens is 226 g/mol. The van der Waals surface area contributed by atoms with Crippen molar-refractivity contribution in [2.75, 3.05) is 5.32 Å². The number of phenols is 2. The number of aromatic nitrogens is 2. The van der Waals surface area contributed by atoms with Gasteiger partial charge >= 0.3 is 0 Å². The Labute approximate surface area is 96.5 Å². The molecule has 2 rings (SSSR count). The van der Waals surface area contributed by atoms with Crippen LogP contribution in [0.25, 0.3) is 0 Å². The highest BCUT2D eigenvalue weighted by Crippen LogP contribution is 2.27. The van der Waals surface area contributed by atoms with Crippen LogP contribution >= 0.6 is 11.5 Å². The number of hydrogen-bond acceptors (Lipinski definition) is 6. The lowest BCUT2D eigenvalue weighted by atomic mass is 10.1. The number of benzene rings is 1. The number of rotatable bonds is 3. The first-order chi connectivity index (χ1) is 7.65. The van der Waals surface area contributed by atoms with Gasteiger partial charge in [0.25, 0.3) is 0 Å². The molecule has 1 aromatic carbocycles. The fraction of sp³-hybridized carbons (Fsp3) is 0.200. The van der Waals surface area contributed by atoms with Crippen molar-refractivity contribution in [3.63, 3.8) is 0 Å². The minimum Gasteiger partial charge on any atom is -0.508 e. The molecule has 0 aliphatic heterocycles. The van der Waals surface area contributed by atoms with Crippen molar-refractivity contribution in [3.8, 4) is 11.5 Å². The predicted octanol–water partition coefficient (Wildman–Crippen LogP) is 2.12. The zero-order valence-corrected chi connectivity index (χ0v) is 9.40. The summed E-state index contributed by atoms with van der Waals surface area (Å²) in [6.07, 6.45) is 1.63. The smallest absolute Gasteiger partial charge is 0.130 e. The maximum Gasteiger partial charge on any atom is 0.130 e. The van der Waals surface area contributed by atoms with E-state index in [2.05, 4.69) is 14.9 Å². The van der Waals surface area contributed by atoms with Gasteiger partial charge in [-0.3, -0.25) is 0 Å². The molecule has 0 bridgehead atoms. The van der Waals surface area contributed by atoms with E-state index in [0.717, 1.165) is 10.6 Å². The van der Waals surface area contributed by atoms with Crippen LogP contribution in [0.1, 0.15) is 18.5 Å². The zero-order chi connectivity index (χ0) is 11.5. The first-order valence-corrected chi connectivity index (χ1v) is 5.49. The number of anilines is 1. The van der Waals surface area contributed by atoms with E-state index in [1.165, 1.54) is 17.6 Å². The quantitative estimate of drug-likeness (QED) is 0.762. The Morgan fingerprint density at radius 1 is 1.25 bits per heavy atom. The van der Waals surface area contributed by atoms with Gasteiger partial charge in [0, 0.05) is 23.6 Å². The van der Waals surface area contributed by atoms with Crippen LogP contribution in [0.3, 0.4) is 0 Å². The molecule has 0 radical (unpaired) electrons. The van der Waals surface area contributed by atoms with E-state index < -0.39 is 0 Å². The third-order valence-electron chi connectivity index (χ3n) is 2.14. The van der Waals surface area contributed by atoms with E-state index in [1.54, 1.807) is 18.3 Å². The Balaban J connectivity index is 2.17. The summed E-state index contributed by atoms with van der Waals surface area (Å²) in [7, 11) is 0. The van der Waals surface area contributed by atoms with Gasteiger partial charge in [-0.2, -0.15) is 0 Å². The standard InChI is InChI=1S/C10H11N3O2S/c1-6(12-10-5-11-13-16-10)7-2-8(14)4-9(15)3-7/h2-6,12,14-15H,1H3. The average Bonchev–Trinajstić information content (AvgIpc) is 2.68. The first kappa shape index (κ1) is 10.7. The van der Waals surface area contributed by atoms with Gasteiger partial charge in [-0.05, 0) is 24.6 Å². The Morgan fingerprint density at radius 3 is 2.50 bits per heavy atom. The second-order valence-corrected chi connectivity index (χ2v) is 4.22. The topological polar surface area (TPSA) is 78.3 Å². The van der Waals surface area contributed by atoms with Crippen molar-refractivity contribution in [1.29, 1.82) is 0 Å². The molecule has 1 aromatic heterocycles. The van der Waals surface area contributed by atoms with Crippen molar-refractivity contribution < 1.29 is 10.2 Å². The van der Waals surface area contributed by atoms with Gasteiger partial charge in [0.1, 0.15) is 16.5 Å². The Bertz CT molecular complexity index is 453. The first-order valence-electron chi connectivity index (χ1n) is 4.72. The maximum atomic E-state index is 9.36. The molecule has 0 aliphatic carbocycles. The molecule has 16 heavy (non-hydrogen) atoms. The Morgan fingerprint density at radius 2 is 1.94 bits per heavy atom. The minimum absolute atomic E-state index is 0.0414. The molecule has 5 nitrogen and oxygen atoms in total. The van der Waals surface area contributed by atoms with Crippen LogP contribution in [0.15, 0.2) is 24.4 Å². The van der Waals surface area contributed by atoms with Gasteiger partial charge in [0.05, 0.1) is 6.20 Å². The lowest BCUT2D eigenvalue weighted by Gasteiger charge is -2.13. The molecule has 2 aromatic rings. The zero-order valence-electron chi connectivity index (χ0n) is 8.58. The SMILES string of the molecule is CC(Nc1cnns1)c1cc(O)cc(O)c1. The van der Waals surface area contributed by atoms with Gasteiger partial charge in [-0.1, -0.05) is 4.49 Å². The predicted molar refractivity (Wildman–Crippen MR) is 61.7 cm³/mol. The number of nitrogens with one attached hydrogen (secondary N) is 1.